The first-order valence-corrected chi connectivity index (χ1v) is 7.43. The van der Waals surface area contributed by atoms with Gasteiger partial charge < -0.3 is 5.32 Å². The Morgan fingerprint density at radius 3 is 2.55 bits per heavy atom. The molecule has 0 aliphatic rings. The highest BCUT2D eigenvalue weighted by molar-refractivity contribution is 7.18. The number of benzene rings is 2. The molecule has 3 rings (SSSR count). The molecular weight excluding hydrogens is 318 g/mol. The Bertz CT molecular complexity index is 717. The normalized spacial score (nSPS) is 10.9. The van der Waals surface area contributed by atoms with E-state index in [1.165, 1.54) is 12.1 Å². The van der Waals surface area contributed by atoms with Crippen LogP contribution in [0.1, 0.15) is 5.01 Å². The summed E-state index contributed by atoms with van der Waals surface area (Å²) >= 11 is 13.5. The standard InChI is InChI=1S/C14H9Cl2FN2S/c15-9-5-8(17)6-10(16)14(9)18-7-13-19-11-3-1-2-4-12(11)20-13/h1-6,18H,7H2. The number of thiazole rings is 1. The SMILES string of the molecule is Fc1cc(Cl)c(NCc2nc3ccccc3s2)c(Cl)c1. The first-order chi connectivity index (χ1) is 9.63. The molecule has 0 radical (unpaired) electrons. The highest BCUT2D eigenvalue weighted by Gasteiger charge is 2.09. The van der Waals surface area contributed by atoms with Gasteiger partial charge in [0.05, 0.1) is 32.5 Å². The first-order valence-electron chi connectivity index (χ1n) is 5.86. The average molecular weight is 327 g/mol. The molecule has 0 aliphatic carbocycles. The van der Waals surface area contributed by atoms with Crippen LogP contribution in [0.15, 0.2) is 36.4 Å². The van der Waals surface area contributed by atoms with E-state index in [1.807, 2.05) is 24.3 Å². The monoisotopic (exact) mass is 326 g/mol. The molecule has 2 aromatic carbocycles. The van der Waals surface area contributed by atoms with Crippen molar-refractivity contribution < 1.29 is 4.39 Å². The van der Waals surface area contributed by atoms with Gasteiger partial charge in [0.25, 0.3) is 0 Å². The second-order valence-electron chi connectivity index (χ2n) is 4.17. The van der Waals surface area contributed by atoms with Crippen molar-refractivity contribution in [2.24, 2.45) is 0 Å². The average Bonchev–Trinajstić information content (AvgIpc) is 2.80. The number of nitrogens with zero attached hydrogens (tertiary/aromatic N) is 1. The second kappa shape index (κ2) is 5.56. The van der Waals surface area contributed by atoms with Crippen LogP contribution in [0.2, 0.25) is 10.0 Å². The summed E-state index contributed by atoms with van der Waals surface area (Å²) in [6.07, 6.45) is 0. The lowest BCUT2D eigenvalue weighted by Gasteiger charge is -2.09. The molecule has 1 N–H and O–H groups in total. The minimum atomic E-state index is -0.453. The van der Waals surface area contributed by atoms with Crippen molar-refractivity contribution in [2.75, 3.05) is 5.32 Å². The second-order valence-corrected chi connectivity index (χ2v) is 6.10. The number of anilines is 1. The zero-order valence-corrected chi connectivity index (χ0v) is 12.5. The predicted molar refractivity (Wildman–Crippen MR) is 83.4 cm³/mol. The molecule has 0 bridgehead atoms. The largest absolute Gasteiger partial charge is 0.376 e. The number of hydrogen-bond acceptors (Lipinski definition) is 3. The number of halogens is 3. The molecule has 102 valence electrons. The van der Waals surface area contributed by atoms with Crippen LogP contribution >= 0.6 is 34.5 Å². The Labute approximate surface area is 129 Å². The van der Waals surface area contributed by atoms with Crippen molar-refractivity contribution in [3.05, 3.63) is 57.3 Å². The molecule has 0 saturated carbocycles. The highest BCUT2D eigenvalue weighted by atomic mass is 35.5. The number of aromatic nitrogens is 1. The van der Waals surface area contributed by atoms with Gasteiger partial charge in [-0.15, -0.1) is 11.3 Å². The van der Waals surface area contributed by atoms with Crippen LogP contribution < -0.4 is 5.32 Å². The minimum absolute atomic E-state index is 0.260. The number of para-hydroxylation sites is 1. The summed E-state index contributed by atoms with van der Waals surface area (Å²) in [4.78, 5) is 4.50. The lowest BCUT2D eigenvalue weighted by Crippen LogP contribution is -2.00. The molecule has 0 saturated heterocycles. The van der Waals surface area contributed by atoms with E-state index in [2.05, 4.69) is 10.3 Å². The molecule has 1 aromatic heterocycles. The van der Waals surface area contributed by atoms with Gasteiger partial charge in [0.15, 0.2) is 0 Å². The molecule has 0 aliphatic heterocycles. The maximum atomic E-state index is 13.1. The zero-order chi connectivity index (χ0) is 14.1. The lowest BCUT2D eigenvalue weighted by molar-refractivity contribution is 0.628. The van der Waals surface area contributed by atoms with Gasteiger partial charge in [-0.05, 0) is 24.3 Å². The fourth-order valence-corrected chi connectivity index (χ4v) is 3.37. The summed E-state index contributed by atoms with van der Waals surface area (Å²) in [6, 6.07) is 10.4. The van der Waals surface area contributed by atoms with Gasteiger partial charge in [-0.25, -0.2) is 9.37 Å². The van der Waals surface area contributed by atoms with Gasteiger partial charge in [0, 0.05) is 0 Å². The molecule has 0 atom stereocenters. The quantitative estimate of drug-likeness (QED) is 0.701. The van der Waals surface area contributed by atoms with Crippen LogP contribution in [0, 0.1) is 5.82 Å². The lowest BCUT2D eigenvalue weighted by atomic mass is 10.3. The zero-order valence-electron chi connectivity index (χ0n) is 10.2. The van der Waals surface area contributed by atoms with Crippen LogP contribution in [0.5, 0.6) is 0 Å². The fourth-order valence-electron chi connectivity index (χ4n) is 1.87. The molecule has 6 heteroatoms. The highest BCUT2D eigenvalue weighted by Crippen LogP contribution is 2.32. The van der Waals surface area contributed by atoms with Crippen LogP contribution in [-0.4, -0.2) is 4.98 Å². The smallest absolute Gasteiger partial charge is 0.126 e. The summed E-state index contributed by atoms with van der Waals surface area (Å²) in [5.41, 5.74) is 1.49. The van der Waals surface area contributed by atoms with Crippen molar-refractivity contribution in [2.45, 2.75) is 6.54 Å². The molecule has 0 fully saturated rings. The van der Waals surface area contributed by atoms with Crippen molar-refractivity contribution in [3.8, 4) is 0 Å². The summed E-state index contributed by atoms with van der Waals surface area (Å²) in [7, 11) is 0. The summed E-state index contributed by atoms with van der Waals surface area (Å²) in [6.45, 7) is 0.490. The third kappa shape index (κ3) is 2.73. The van der Waals surface area contributed by atoms with Gasteiger partial charge in [-0.3, -0.25) is 0 Å². The van der Waals surface area contributed by atoms with Crippen molar-refractivity contribution in [1.82, 2.24) is 4.98 Å². The Kier molecular flexibility index (Phi) is 3.78. The maximum Gasteiger partial charge on any atom is 0.126 e. The van der Waals surface area contributed by atoms with E-state index >= 15 is 0 Å². The summed E-state index contributed by atoms with van der Waals surface area (Å²) < 4.78 is 14.2. The van der Waals surface area contributed by atoms with E-state index in [4.69, 9.17) is 23.2 Å². The van der Waals surface area contributed by atoms with Crippen LogP contribution in [0.25, 0.3) is 10.2 Å². The van der Waals surface area contributed by atoms with Gasteiger partial charge >= 0.3 is 0 Å². The van der Waals surface area contributed by atoms with E-state index in [9.17, 15) is 4.39 Å². The maximum absolute atomic E-state index is 13.1. The Hall–Kier alpha value is -1.36. The van der Waals surface area contributed by atoms with Gasteiger partial charge in [0.1, 0.15) is 10.8 Å². The Morgan fingerprint density at radius 1 is 1.15 bits per heavy atom. The van der Waals surface area contributed by atoms with Gasteiger partial charge in [-0.1, -0.05) is 35.3 Å². The molecule has 20 heavy (non-hydrogen) atoms. The van der Waals surface area contributed by atoms with Gasteiger partial charge in [-0.2, -0.15) is 0 Å². The summed E-state index contributed by atoms with van der Waals surface area (Å²) in [5, 5.41) is 4.54. The topological polar surface area (TPSA) is 24.9 Å². The van der Waals surface area contributed by atoms with Crippen molar-refractivity contribution >= 4 is 50.4 Å². The molecular formula is C14H9Cl2FN2S. The number of fused-ring (bicyclic) bond motifs is 1. The molecule has 2 nitrogen and oxygen atoms in total. The van der Waals surface area contributed by atoms with Crippen LogP contribution in [0.3, 0.4) is 0 Å². The molecule has 3 aromatic rings. The predicted octanol–water partition coefficient (Wildman–Crippen LogP) is 5.35. The van der Waals surface area contributed by atoms with E-state index in [0.717, 1.165) is 15.2 Å². The van der Waals surface area contributed by atoms with E-state index < -0.39 is 5.82 Å². The van der Waals surface area contributed by atoms with Crippen molar-refractivity contribution in [3.63, 3.8) is 0 Å². The molecule has 0 spiro atoms. The molecule has 0 amide bonds. The van der Waals surface area contributed by atoms with Gasteiger partial charge in [0.2, 0.25) is 0 Å². The van der Waals surface area contributed by atoms with E-state index in [-0.39, 0.29) is 10.0 Å². The molecule has 0 unspecified atom stereocenters. The number of rotatable bonds is 3. The van der Waals surface area contributed by atoms with E-state index in [0.29, 0.717) is 12.2 Å². The van der Waals surface area contributed by atoms with Crippen molar-refractivity contribution in [1.29, 1.82) is 0 Å². The Balaban J connectivity index is 1.83. The summed E-state index contributed by atoms with van der Waals surface area (Å²) in [5.74, 6) is -0.453. The van der Waals surface area contributed by atoms with E-state index in [1.54, 1.807) is 11.3 Å². The minimum Gasteiger partial charge on any atom is -0.376 e. The Morgan fingerprint density at radius 2 is 1.85 bits per heavy atom. The third-order valence-corrected chi connectivity index (χ3v) is 4.39. The van der Waals surface area contributed by atoms with Crippen LogP contribution in [-0.2, 0) is 6.54 Å². The third-order valence-electron chi connectivity index (χ3n) is 2.76. The molecule has 1 heterocycles. The fraction of sp³-hybridized carbons (Fsp3) is 0.0714. The first kappa shape index (κ1) is 13.6. The van der Waals surface area contributed by atoms with Crippen LogP contribution in [0.4, 0.5) is 10.1 Å². The number of hydrogen-bond donors (Lipinski definition) is 1. The number of nitrogens with one attached hydrogen (secondary N) is 1.